The molecule has 76 valence electrons. The van der Waals surface area contributed by atoms with Gasteiger partial charge in [0.25, 0.3) is 5.17 Å². The summed E-state index contributed by atoms with van der Waals surface area (Å²) >= 11 is 4.79. The number of carboxylic acids is 1. The molecular weight excluding hydrogens is 190 g/mol. The molecule has 0 heterocycles. The Morgan fingerprint density at radius 3 is 2.85 bits per heavy atom. The highest BCUT2D eigenvalue weighted by Crippen LogP contribution is 1.88. The standard InChI is InChI=1S/C8H15NO3S/c1-2-3-6-12-8(13)9-5-4-7(10)11/h2-6H2,1H3,(H,9,13)(H,10,11). The van der Waals surface area contributed by atoms with Crippen molar-refractivity contribution >= 4 is 23.4 Å². The van der Waals surface area contributed by atoms with E-state index in [2.05, 4.69) is 12.2 Å². The van der Waals surface area contributed by atoms with Gasteiger partial charge in [-0.25, -0.2) is 0 Å². The smallest absolute Gasteiger partial charge is 0.305 e. The average molecular weight is 205 g/mol. The van der Waals surface area contributed by atoms with E-state index in [9.17, 15) is 4.79 Å². The maximum absolute atomic E-state index is 10.1. The first-order chi connectivity index (χ1) is 6.16. The summed E-state index contributed by atoms with van der Waals surface area (Å²) < 4.78 is 5.09. The molecule has 0 aliphatic rings. The SMILES string of the molecule is CCCCOC(=S)NCCC(=O)O. The number of nitrogens with one attached hydrogen (secondary N) is 1. The van der Waals surface area contributed by atoms with E-state index in [1.807, 2.05) is 0 Å². The zero-order valence-corrected chi connectivity index (χ0v) is 8.52. The van der Waals surface area contributed by atoms with Gasteiger partial charge in [-0.05, 0) is 18.6 Å². The van der Waals surface area contributed by atoms with Crippen LogP contribution in [0, 0.1) is 0 Å². The third-order valence-corrected chi connectivity index (χ3v) is 1.60. The second-order valence-corrected chi connectivity index (χ2v) is 2.93. The van der Waals surface area contributed by atoms with Gasteiger partial charge in [-0.2, -0.15) is 0 Å². The molecule has 0 fully saturated rings. The fraction of sp³-hybridized carbons (Fsp3) is 0.750. The summed E-state index contributed by atoms with van der Waals surface area (Å²) in [5, 5.41) is 11.3. The molecule has 0 aromatic carbocycles. The van der Waals surface area contributed by atoms with Crippen LogP contribution in [0.2, 0.25) is 0 Å². The summed E-state index contributed by atoms with van der Waals surface area (Å²) in [4.78, 5) is 10.1. The lowest BCUT2D eigenvalue weighted by atomic mass is 10.4. The van der Waals surface area contributed by atoms with Crippen LogP contribution in [0.5, 0.6) is 0 Å². The van der Waals surface area contributed by atoms with Crippen LogP contribution in [0.4, 0.5) is 0 Å². The maximum atomic E-state index is 10.1. The normalized spacial score (nSPS) is 9.31. The lowest BCUT2D eigenvalue weighted by Gasteiger charge is -2.07. The van der Waals surface area contributed by atoms with Gasteiger partial charge < -0.3 is 15.2 Å². The van der Waals surface area contributed by atoms with Crippen LogP contribution in [-0.4, -0.2) is 29.4 Å². The van der Waals surface area contributed by atoms with Gasteiger partial charge in [-0.1, -0.05) is 13.3 Å². The van der Waals surface area contributed by atoms with Crippen LogP contribution in [0.3, 0.4) is 0 Å². The van der Waals surface area contributed by atoms with Crippen molar-refractivity contribution in [1.29, 1.82) is 0 Å². The molecule has 0 aliphatic carbocycles. The molecule has 2 N–H and O–H groups in total. The van der Waals surface area contributed by atoms with E-state index in [-0.39, 0.29) is 11.6 Å². The monoisotopic (exact) mass is 205 g/mol. The van der Waals surface area contributed by atoms with Crippen molar-refractivity contribution in [1.82, 2.24) is 5.32 Å². The first kappa shape index (κ1) is 12.2. The largest absolute Gasteiger partial charge is 0.481 e. The summed E-state index contributed by atoms with van der Waals surface area (Å²) in [7, 11) is 0. The van der Waals surface area contributed by atoms with E-state index in [0.29, 0.717) is 13.2 Å². The number of ether oxygens (including phenoxy) is 1. The van der Waals surface area contributed by atoms with Gasteiger partial charge in [-0.3, -0.25) is 4.79 Å². The van der Waals surface area contributed by atoms with Gasteiger partial charge in [-0.15, -0.1) is 0 Å². The zero-order valence-electron chi connectivity index (χ0n) is 7.71. The third kappa shape index (κ3) is 9.07. The lowest BCUT2D eigenvalue weighted by molar-refractivity contribution is -0.136. The first-order valence-corrected chi connectivity index (χ1v) is 4.70. The van der Waals surface area contributed by atoms with Crippen molar-refractivity contribution in [3.05, 3.63) is 0 Å². The number of hydrogen-bond acceptors (Lipinski definition) is 3. The average Bonchev–Trinajstić information content (AvgIpc) is 2.04. The van der Waals surface area contributed by atoms with E-state index < -0.39 is 5.97 Å². The zero-order chi connectivity index (χ0) is 10.1. The highest BCUT2D eigenvalue weighted by molar-refractivity contribution is 7.80. The molecule has 0 spiro atoms. The summed E-state index contributed by atoms with van der Waals surface area (Å²) in [5.41, 5.74) is 0. The third-order valence-electron chi connectivity index (χ3n) is 1.34. The maximum Gasteiger partial charge on any atom is 0.305 e. The van der Waals surface area contributed by atoms with E-state index in [4.69, 9.17) is 22.1 Å². The summed E-state index contributed by atoms with van der Waals surface area (Å²) in [5.74, 6) is -0.844. The van der Waals surface area contributed by atoms with Crippen LogP contribution in [-0.2, 0) is 9.53 Å². The van der Waals surface area contributed by atoms with Crippen LogP contribution in [0.25, 0.3) is 0 Å². The number of carboxylic acid groups (broad SMARTS) is 1. The van der Waals surface area contributed by atoms with Crippen LogP contribution < -0.4 is 5.32 Å². The second-order valence-electron chi connectivity index (χ2n) is 2.56. The molecule has 0 radical (unpaired) electrons. The van der Waals surface area contributed by atoms with Crippen molar-refractivity contribution in [2.24, 2.45) is 0 Å². The number of unbranched alkanes of at least 4 members (excludes halogenated alkanes) is 1. The number of hydrogen-bond donors (Lipinski definition) is 2. The Morgan fingerprint density at radius 1 is 1.62 bits per heavy atom. The van der Waals surface area contributed by atoms with Crippen LogP contribution in [0.1, 0.15) is 26.2 Å². The van der Waals surface area contributed by atoms with Crippen molar-refractivity contribution in [2.75, 3.05) is 13.2 Å². The second kappa shape index (κ2) is 7.79. The van der Waals surface area contributed by atoms with Gasteiger partial charge in [0.05, 0.1) is 13.0 Å². The number of carbonyl (C=O) groups is 1. The molecular formula is C8H15NO3S. The molecule has 0 aliphatic heterocycles. The molecule has 0 atom stereocenters. The molecule has 0 amide bonds. The highest BCUT2D eigenvalue weighted by atomic mass is 32.1. The van der Waals surface area contributed by atoms with E-state index in [0.717, 1.165) is 12.8 Å². The predicted octanol–water partition coefficient (Wildman–Crippen LogP) is 1.15. The number of thiocarbonyl (C=S) groups is 1. The van der Waals surface area contributed by atoms with E-state index >= 15 is 0 Å². The van der Waals surface area contributed by atoms with E-state index in [1.54, 1.807) is 0 Å². The van der Waals surface area contributed by atoms with Crippen molar-refractivity contribution in [2.45, 2.75) is 26.2 Å². The number of rotatable bonds is 6. The Bertz CT molecular complexity index is 173. The van der Waals surface area contributed by atoms with E-state index in [1.165, 1.54) is 0 Å². The minimum atomic E-state index is -0.844. The van der Waals surface area contributed by atoms with Gasteiger partial charge in [0.1, 0.15) is 0 Å². The predicted molar refractivity (Wildman–Crippen MR) is 53.7 cm³/mol. The molecule has 4 nitrogen and oxygen atoms in total. The highest BCUT2D eigenvalue weighted by Gasteiger charge is 1.98. The van der Waals surface area contributed by atoms with Gasteiger partial charge >= 0.3 is 5.97 Å². The van der Waals surface area contributed by atoms with Crippen molar-refractivity contribution in [3.8, 4) is 0 Å². The van der Waals surface area contributed by atoms with Gasteiger partial charge in [0.15, 0.2) is 0 Å². The molecule has 0 aromatic heterocycles. The minimum Gasteiger partial charge on any atom is -0.481 e. The lowest BCUT2D eigenvalue weighted by Crippen LogP contribution is -2.26. The molecule has 13 heavy (non-hydrogen) atoms. The Labute approximate surface area is 83.3 Å². The summed E-state index contributed by atoms with van der Waals surface area (Å²) in [6.45, 7) is 2.97. The Balaban J connectivity index is 3.25. The Hall–Kier alpha value is -0.840. The summed E-state index contributed by atoms with van der Waals surface area (Å²) in [6.07, 6.45) is 2.07. The van der Waals surface area contributed by atoms with Gasteiger partial charge in [0.2, 0.25) is 0 Å². The molecule has 5 heteroatoms. The molecule has 0 rings (SSSR count). The first-order valence-electron chi connectivity index (χ1n) is 4.29. The fourth-order valence-corrected chi connectivity index (χ4v) is 0.817. The summed E-state index contributed by atoms with van der Waals surface area (Å²) in [6, 6.07) is 0. The topological polar surface area (TPSA) is 58.6 Å². The minimum absolute atomic E-state index is 0.0529. The molecule has 0 aromatic rings. The molecule has 0 saturated heterocycles. The molecule has 0 saturated carbocycles. The molecule has 0 bridgehead atoms. The Kier molecular flexibility index (Phi) is 7.29. The quantitative estimate of drug-likeness (QED) is 0.503. The molecule has 0 unspecified atom stereocenters. The van der Waals surface area contributed by atoms with Crippen molar-refractivity contribution < 1.29 is 14.6 Å². The fourth-order valence-electron chi connectivity index (χ4n) is 0.632. The van der Waals surface area contributed by atoms with Crippen molar-refractivity contribution in [3.63, 3.8) is 0 Å². The van der Waals surface area contributed by atoms with Gasteiger partial charge in [0, 0.05) is 6.54 Å². The number of aliphatic carboxylic acids is 1. The van der Waals surface area contributed by atoms with Crippen LogP contribution in [0.15, 0.2) is 0 Å². The van der Waals surface area contributed by atoms with Crippen LogP contribution >= 0.6 is 12.2 Å². The Morgan fingerprint density at radius 2 is 2.31 bits per heavy atom.